The first kappa shape index (κ1) is 28.4. The number of fused-ring (bicyclic) bond motifs is 1. The summed E-state index contributed by atoms with van der Waals surface area (Å²) in [7, 11) is 5.32. The highest BCUT2D eigenvalue weighted by Crippen LogP contribution is 2.32. The van der Waals surface area contributed by atoms with Gasteiger partial charge in [0, 0.05) is 29.2 Å². The Morgan fingerprint density at radius 1 is 0.950 bits per heavy atom. The van der Waals surface area contributed by atoms with Gasteiger partial charge in [-0.3, -0.25) is 4.79 Å². The summed E-state index contributed by atoms with van der Waals surface area (Å²) in [5.74, 6) is -1.44. The normalized spacial score (nSPS) is 12.1. The molecule has 0 saturated heterocycles. The number of rotatable bonds is 8. The second-order valence-corrected chi connectivity index (χ2v) is 9.33. The summed E-state index contributed by atoms with van der Waals surface area (Å²) in [4.78, 5) is 35.5. The Labute approximate surface area is 228 Å². The van der Waals surface area contributed by atoms with E-state index in [-0.39, 0.29) is 23.9 Å². The van der Waals surface area contributed by atoms with E-state index in [2.05, 4.69) is 9.72 Å². The molecule has 40 heavy (non-hydrogen) atoms. The first-order valence-electron chi connectivity index (χ1n) is 12.2. The van der Waals surface area contributed by atoms with Gasteiger partial charge < -0.3 is 24.6 Å². The van der Waals surface area contributed by atoms with Crippen molar-refractivity contribution in [2.45, 2.75) is 6.18 Å². The molecule has 0 bridgehead atoms. The molecule has 11 heteroatoms. The average Bonchev–Trinajstić information content (AvgIpc) is 3.24. The standard InChI is InChI=1S/C29H27F3N4O4/c1-35(2)16-24(37)36(3)21-12-10-20(11-13-21)33-26(18-7-5-4-6-8-18)25-22-14-9-19(15-23(22)34-27(25)38)28(39)40-17-29(30,31)32/h4-15,34,38H,16-17H2,1-3H3. The van der Waals surface area contributed by atoms with Gasteiger partial charge in [-0.2, -0.15) is 13.2 Å². The third kappa shape index (κ3) is 6.67. The van der Waals surface area contributed by atoms with Crippen molar-refractivity contribution in [2.75, 3.05) is 39.2 Å². The molecule has 2 N–H and O–H groups in total. The van der Waals surface area contributed by atoms with Crippen molar-refractivity contribution >= 4 is 39.9 Å². The Balaban J connectivity index is 1.72. The quantitative estimate of drug-likeness (QED) is 0.229. The number of halogens is 3. The van der Waals surface area contributed by atoms with Crippen molar-refractivity contribution in [2.24, 2.45) is 4.99 Å². The number of aromatic amines is 1. The maximum atomic E-state index is 12.5. The van der Waals surface area contributed by atoms with Gasteiger partial charge >= 0.3 is 12.1 Å². The number of hydrogen-bond acceptors (Lipinski definition) is 6. The molecule has 0 radical (unpaired) electrons. The van der Waals surface area contributed by atoms with Crippen molar-refractivity contribution in [1.29, 1.82) is 0 Å². The number of aromatic nitrogens is 1. The molecule has 4 rings (SSSR count). The Morgan fingerprint density at radius 3 is 2.25 bits per heavy atom. The number of nitrogens with zero attached hydrogens (tertiary/aromatic N) is 3. The van der Waals surface area contributed by atoms with Gasteiger partial charge in [0.1, 0.15) is 0 Å². The molecule has 1 heterocycles. The van der Waals surface area contributed by atoms with Crippen LogP contribution in [0.1, 0.15) is 21.5 Å². The molecule has 0 aliphatic carbocycles. The van der Waals surface area contributed by atoms with Crippen molar-refractivity contribution in [3.05, 3.63) is 89.5 Å². The molecule has 0 unspecified atom stereocenters. The lowest BCUT2D eigenvalue weighted by Gasteiger charge is -2.19. The Morgan fingerprint density at radius 2 is 1.62 bits per heavy atom. The third-order valence-corrected chi connectivity index (χ3v) is 5.97. The number of likely N-dealkylation sites (N-methyl/N-ethyl adjacent to an activating group) is 2. The van der Waals surface area contributed by atoms with E-state index in [1.807, 2.05) is 44.4 Å². The van der Waals surface area contributed by atoms with Crippen LogP contribution in [0, 0.1) is 0 Å². The number of esters is 1. The number of carbonyl (C=O) groups is 2. The van der Waals surface area contributed by atoms with E-state index >= 15 is 0 Å². The summed E-state index contributed by atoms with van der Waals surface area (Å²) in [5.41, 5.74) is 2.90. The van der Waals surface area contributed by atoms with Crippen LogP contribution in [0.4, 0.5) is 24.5 Å². The average molecular weight is 553 g/mol. The van der Waals surface area contributed by atoms with Crippen LogP contribution in [0.2, 0.25) is 0 Å². The zero-order valence-electron chi connectivity index (χ0n) is 22.0. The van der Waals surface area contributed by atoms with E-state index in [0.29, 0.717) is 39.1 Å². The van der Waals surface area contributed by atoms with Crippen LogP contribution >= 0.6 is 0 Å². The molecule has 1 amide bonds. The molecule has 0 spiro atoms. The molecule has 0 fully saturated rings. The van der Waals surface area contributed by atoms with Crippen molar-refractivity contribution in [3.8, 4) is 5.88 Å². The number of anilines is 1. The highest BCUT2D eigenvalue weighted by Gasteiger charge is 2.30. The van der Waals surface area contributed by atoms with Gasteiger partial charge in [0.25, 0.3) is 0 Å². The lowest BCUT2D eigenvalue weighted by Crippen LogP contribution is -2.34. The van der Waals surface area contributed by atoms with Crippen molar-refractivity contribution in [1.82, 2.24) is 9.88 Å². The number of nitrogens with one attached hydrogen (secondary N) is 1. The minimum Gasteiger partial charge on any atom is -0.494 e. The minimum absolute atomic E-state index is 0.0726. The molecular formula is C29H27F3N4O4. The van der Waals surface area contributed by atoms with Gasteiger partial charge in [-0.15, -0.1) is 0 Å². The van der Waals surface area contributed by atoms with Crippen LogP contribution in [0.25, 0.3) is 10.9 Å². The Hall–Kier alpha value is -4.64. The lowest BCUT2D eigenvalue weighted by atomic mass is 10.00. The number of aliphatic imine (C=N–C) groups is 1. The van der Waals surface area contributed by atoms with Crippen LogP contribution in [0.15, 0.2) is 77.8 Å². The highest BCUT2D eigenvalue weighted by atomic mass is 19.4. The molecule has 0 aliphatic rings. The van der Waals surface area contributed by atoms with Crippen LogP contribution in [0.5, 0.6) is 5.88 Å². The second-order valence-electron chi connectivity index (χ2n) is 9.33. The molecule has 8 nitrogen and oxygen atoms in total. The maximum Gasteiger partial charge on any atom is 0.422 e. The second kappa shape index (κ2) is 11.6. The predicted octanol–water partition coefficient (Wildman–Crippen LogP) is 5.29. The Kier molecular flexibility index (Phi) is 8.24. The number of carbonyl (C=O) groups excluding carboxylic acids is 2. The Bertz CT molecular complexity index is 1550. The minimum atomic E-state index is -4.64. The summed E-state index contributed by atoms with van der Waals surface area (Å²) in [6.45, 7) is -1.44. The van der Waals surface area contributed by atoms with Crippen LogP contribution < -0.4 is 4.90 Å². The summed E-state index contributed by atoms with van der Waals surface area (Å²) in [6.07, 6.45) is -4.64. The first-order chi connectivity index (χ1) is 18.9. The van der Waals surface area contributed by atoms with Crippen molar-refractivity contribution in [3.63, 3.8) is 0 Å². The first-order valence-corrected chi connectivity index (χ1v) is 12.2. The fourth-order valence-electron chi connectivity index (χ4n) is 4.04. The molecule has 4 aromatic rings. The van der Waals surface area contributed by atoms with Crippen LogP contribution in [-0.4, -0.2) is 73.0 Å². The number of hydrogen-bond donors (Lipinski definition) is 2. The van der Waals surface area contributed by atoms with E-state index in [0.717, 1.165) is 0 Å². The summed E-state index contributed by atoms with van der Waals surface area (Å²) < 4.78 is 41.7. The molecular weight excluding hydrogens is 525 g/mol. The van der Waals surface area contributed by atoms with E-state index in [1.165, 1.54) is 18.2 Å². The highest BCUT2D eigenvalue weighted by molar-refractivity contribution is 6.22. The SMILES string of the molecule is CN(C)CC(=O)N(C)c1ccc(N=C(c2ccccc2)c2c(O)[nH]c3cc(C(=O)OCC(F)(F)F)ccc23)cc1. The number of amides is 1. The smallest absolute Gasteiger partial charge is 0.422 e. The van der Waals surface area contributed by atoms with Gasteiger partial charge in [-0.25, -0.2) is 9.79 Å². The monoisotopic (exact) mass is 552 g/mol. The fourth-order valence-corrected chi connectivity index (χ4v) is 4.04. The van der Waals surface area contributed by atoms with Crippen molar-refractivity contribution < 1.29 is 32.6 Å². The maximum absolute atomic E-state index is 12.5. The van der Waals surface area contributed by atoms with E-state index in [4.69, 9.17) is 4.99 Å². The summed E-state index contributed by atoms with van der Waals surface area (Å²) in [5, 5.41) is 11.4. The number of benzene rings is 3. The van der Waals surface area contributed by atoms with E-state index in [9.17, 15) is 27.9 Å². The lowest BCUT2D eigenvalue weighted by molar-refractivity contribution is -0.161. The van der Waals surface area contributed by atoms with Crippen LogP contribution in [-0.2, 0) is 9.53 Å². The van der Waals surface area contributed by atoms with E-state index < -0.39 is 18.8 Å². The van der Waals surface area contributed by atoms with E-state index in [1.54, 1.807) is 41.1 Å². The molecule has 208 valence electrons. The summed E-state index contributed by atoms with van der Waals surface area (Å²) in [6, 6.07) is 20.3. The molecule has 0 atom stereocenters. The zero-order chi connectivity index (χ0) is 29.0. The summed E-state index contributed by atoms with van der Waals surface area (Å²) >= 11 is 0. The van der Waals surface area contributed by atoms with Gasteiger partial charge in [0.05, 0.1) is 29.1 Å². The topological polar surface area (TPSA) is 98.2 Å². The van der Waals surface area contributed by atoms with Gasteiger partial charge in [0.15, 0.2) is 12.5 Å². The number of H-pyrrole nitrogens is 1. The van der Waals surface area contributed by atoms with Gasteiger partial charge in [0.2, 0.25) is 5.91 Å². The third-order valence-electron chi connectivity index (χ3n) is 5.97. The molecule has 3 aromatic carbocycles. The van der Waals surface area contributed by atoms with Gasteiger partial charge in [-0.05, 0) is 50.5 Å². The number of alkyl halides is 3. The zero-order valence-corrected chi connectivity index (χ0v) is 22.0. The molecule has 0 aliphatic heterocycles. The van der Waals surface area contributed by atoms with Gasteiger partial charge in [-0.1, -0.05) is 36.4 Å². The number of aromatic hydroxyl groups is 1. The fraction of sp³-hybridized carbons (Fsp3) is 0.207. The molecule has 0 saturated carbocycles. The largest absolute Gasteiger partial charge is 0.494 e. The predicted molar refractivity (Wildman–Crippen MR) is 146 cm³/mol. The number of ether oxygens (including phenoxy) is 1. The van der Waals surface area contributed by atoms with Crippen LogP contribution in [0.3, 0.4) is 0 Å². The molecule has 1 aromatic heterocycles.